The molecule has 7 rings (SSSR count). The number of methoxy groups -OCH3 is 1. The average Bonchev–Trinajstić information content (AvgIpc) is 3.13. The molecular formula is C43H36O2P2. The lowest BCUT2D eigenvalue weighted by molar-refractivity contribution is 0.409. The van der Waals surface area contributed by atoms with Crippen LogP contribution in [-0.2, 0) is 4.57 Å². The summed E-state index contributed by atoms with van der Waals surface area (Å²) >= 11 is 0. The van der Waals surface area contributed by atoms with E-state index >= 15 is 4.57 Å². The molecule has 0 spiro atoms. The number of rotatable bonds is 8. The summed E-state index contributed by atoms with van der Waals surface area (Å²) in [5.41, 5.74) is 4.05. The van der Waals surface area contributed by atoms with Crippen LogP contribution in [0.25, 0.3) is 21.9 Å². The van der Waals surface area contributed by atoms with Crippen molar-refractivity contribution >= 4 is 57.7 Å². The molecule has 0 amide bonds. The summed E-state index contributed by atoms with van der Waals surface area (Å²) in [6.45, 7) is 4.19. The van der Waals surface area contributed by atoms with E-state index in [1.54, 1.807) is 7.11 Å². The van der Waals surface area contributed by atoms with Crippen molar-refractivity contribution in [3.8, 4) is 16.9 Å². The number of aryl methyl sites for hydroxylation is 1. The third-order valence-electron chi connectivity index (χ3n) is 8.89. The third-order valence-corrected chi connectivity index (χ3v) is 14.5. The van der Waals surface area contributed by atoms with Crippen LogP contribution in [-0.4, -0.2) is 7.11 Å². The van der Waals surface area contributed by atoms with Gasteiger partial charge < -0.3 is 9.30 Å². The van der Waals surface area contributed by atoms with E-state index in [1.165, 1.54) is 15.9 Å². The normalized spacial score (nSPS) is 11.6. The molecule has 0 heterocycles. The van der Waals surface area contributed by atoms with Crippen LogP contribution in [0, 0.1) is 13.8 Å². The highest BCUT2D eigenvalue weighted by Gasteiger charge is 2.36. The van der Waals surface area contributed by atoms with Crippen molar-refractivity contribution in [3.05, 3.63) is 175 Å². The maximum Gasteiger partial charge on any atom is 0.171 e. The molecule has 0 aliphatic rings. The Bertz CT molecular complexity index is 2130. The number of fused-ring (bicyclic) bond motifs is 1. The van der Waals surface area contributed by atoms with Gasteiger partial charge in [0, 0.05) is 21.5 Å². The molecule has 7 aromatic rings. The Morgan fingerprint density at radius 1 is 0.553 bits per heavy atom. The first kappa shape index (κ1) is 30.9. The van der Waals surface area contributed by atoms with Gasteiger partial charge in [-0.3, -0.25) is 0 Å². The Morgan fingerprint density at radius 2 is 1.04 bits per heavy atom. The summed E-state index contributed by atoms with van der Waals surface area (Å²) in [6.07, 6.45) is 0. The summed E-state index contributed by atoms with van der Waals surface area (Å²) in [6, 6.07) is 56.8. The Kier molecular flexibility index (Phi) is 8.66. The minimum Gasteiger partial charge on any atom is -0.496 e. The molecule has 0 aliphatic heterocycles. The highest BCUT2D eigenvalue weighted by molar-refractivity contribution is 7.85. The van der Waals surface area contributed by atoms with Gasteiger partial charge in [-0.1, -0.05) is 158 Å². The second-order valence-corrected chi connectivity index (χ2v) is 16.6. The monoisotopic (exact) mass is 646 g/mol. The van der Waals surface area contributed by atoms with Crippen molar-refractivity contribution in [2.45, 2.75) is 13.8 Å². The fraction of sp³-hybridized carbons (Fsp3) is 0.0698. The molecule has 0 aliphatic carbocycles. The van der Waals surface area contributed by atoms with Gasteiger partial charge in [0.25, 0.3) is 0 Å². The van der Waals surface area contributed by atoms with Gasteiger partial charge in [0.15, 0.2) is 7.14 Å². The molecule has 2 nitrogen and oxygen atoms in total. The molecular weight excluding hydrogens is 610 g/mol. The molecule has 47 heavy (non-hydrogen) atoms. The van der Waals surface area contributed by atoms with Crippen molar-refractivity contribution in [3.63, 3.8) is 0 Å². The maximum atomic E-state index is 16.2. The third kappa shape index (κ3) is 5.53. The fourth-order valence-electron chi connectivity index (χ4n) is 6.82. The van der Waals surface area contributed by atoms with Crippen LogP contribution in [0.1, 0.15) is 11.1 Å². The van der Waals surface area contributed by atoms with Gasteiger partial charge in [0.2, 0.25) is 0 Å². The molecule has 230 valence electrons. The Labute approximate surface area is 278 Å². The van der Waals surface area contributed by atoms with Gasteiger partial charge in [0.1, 0.15) is 5.75 Å². The van der Waals surface area contributed by atoms with Crippen molar-refractivity contribution in [2.24, 2.45) is 0 Å². The van der Waals surface area contributed by atoms with E-state index in [0.29, 0.717) is 0 Å². The fourth-order valence-corrected chi connectivity index (χ4v) is 12.3. The largest absolute Gasteiger partial charge is 0.496 e. The lowest BCUT2D eigenvalue weighted by atomic mass is 9.93. The van der Waals surface area contributed by atoms with Gasteiger partial charge in [-0.05, 0) is 71.2 Å². The zero-order valence-corrected chi connectivity index (χ0v) is 28.6. The zero-order chi connectivity index (χ0) is 32.4. The predicted octanol–water partition coefficient (Wildman–Crippen LogP) is 8.53. The smallest absolute Gasteiger partial charge is 0.171 e. The summed E-state index contributed by atoms with van der Waals surface area (Å²) in [5.74, 6) is 0.819. The molecule has 0 fully saturated rings. The van der Waals surface area contributed by atoms with Crippen LogP contribution < -0.4 is 36.6 Å². The zero-order valence-electron chi connectivity index (χ0n) is 26.8. The van der Waals surface area contributed by atoms with Crippen LogP contribution in [0.4, 0.5) is 0 Å². The highest BCUT2D eigenvalue weighted by atomic mass is 31.2. The van der Waals surface area contributed by atoms with E-state index in [4.69, 9.17) is 4.74 Å². The summed E-state index contributed by atoms with van der Waals surface area (Å²) in [7, 11) is -2.64. The number of hydrogen-bond donors (Lipinski definition) is 0. The predicted molar refractivity (Wildman–Crippen MR) is 204 cm³/mol. The Hall–Kier alpha value is -4.74. The van der Waals surface area contributed by atoms with Crippen LogP contribution >= 0.6 is 15.1 Å². The van der Waals surface area contributed by atoms with Gasteiger partial charge in [-0.2, -0.15) is 0 Å². The molecule has 0 saturated heterocycles. The Morgan fingerprint density at radius 3 is 1.57 bits per heavy atom. The van der Waals surface area contributed by atoms with Crippen molar-refractivity contribution in [1.29, 1.82) is 0 Å². The van der Waals surface area contributed by atoms with E-state index < -0.39 is 15.1 Å². The first-order chi connectivity index (χ1) is 23.0. The highest BCUT2D eigenvalue weighted by Crippen LogP contribution is 2.50. The molecule has 4 heteroatoms. The molecule has 0 saturated carbocycles. The number of hydrogen-bond acceptors (Lipinski definition) is 2. The first-order valence-corrected chi connectivity index (χ1v) is 18.9. The quantitative estimate of drug-likeness (QED) is 0.155. The molecule has 0 unspecified atom stereocenters. The minimum absolute atomic E-state index is 0.812. The first-order valence-electron chi connectivity index (χ1n) is 15.8. The second kappa shape index (κ2) is 13.2. The van der Waals surface area contributed by atoms with Gasteiger partial charge in [-0.15, -0.1) is 0 Å². The number of benzene rings is 7. The Balaban J connectivity index is 1.67. The van der Waals surface area contributed by atoms with Crippen LogP contribution in [0.2, 0.25) is 0 Å². The molecule has 0 bridgehead atoms. The van der Waals surface area contributed by atoms with E-state index in [-0.39, 0.29) is 0 Å². The average molecular weight is 647 g/mol. The molecule has 0 aromatic heterocycles. The topological polar surface area (TPSA) is 26.3 Å². The van der Waals surface area contributed by atoms with Crippen molar-refractivity contribution in [1.82, 2.24) is 0 Å². The van der Waals surface area contributed by atoms with E-state index in [9.17, 15) is 0 Å². The SMILES string of the molecule is COc1c(C)cc(P(=O)(c2ccccc2)c2ccccc2)c(-c2c(P(c3ccccc3)c3ccccc3)ccc3ccccc23)c1C. The minimum atomic E-state index is -3.38. The number of ether oxygens (including phenoxy) is 1. The van der Waals surface area contributed by atoms with Crippen molar-refractivity contribution in [2.75, 3.05) is 7.11 Å². The molecule has 0 atom stereocenters. The lowest BCUT2D eigenvalue weighted by Gasteiger charge is -2.29. The maximum absolute atomic E-state index is 16.2. The van der Waals surface area contributed by atoms with E-state index in [0.717, 1.165) is 54.7 Å². The molecule has 0 N–H and O–H groups in total. The van der Waals surface area contributed by atoms with Gasteiger partial charge in [0.05, 0.1) is 7.11 Å². The summed E-state index contributed by atoms with van der Waals surface area (Å²) < 4.78 is 22.4. The van der Waals surface area contributed by atoms with Gasteiger partial charge >= 0.3 is 0 Å². The van der Waals surface area contributed by atoms with Crippen molar-refractivity contribution < 1.29 is 9.30 Å². The standard InChI is InChI=1S/C43H36O2P2/c1-31-30-40(47(44,36-23-12-6-13-24-36)37-25-14-7-15-26-37)41(32(2)43(31)45-3)42-38-27-17-16-18-33(38)28-29-39(42)46(34-19-8-4-9-20-34)35-21-10-5-11-22-35/h4-30H,1-3H3. The lowest BCUT2D eigenvalue weighted by Crippen LogP contribution is -2.29. The van der Waals surface area contributed by atoms with Crippen LogP contribution in [0.5, 0.6) is 5.75 Å². The van der Waals surface area contributed by atoms with E-state index in [1.807, 2.05) is 60.7 Å². The van der Waals surface area contributed by atoms with Gasteiger partial charge in [-0.25, -0.2) is 0 Å². The van der Waals surface area contributed by atoms with Crippen LogP contribution in [0.3, 0.4) is 0 Å². The summed E-state index contributed by atoms with van der Waals surface area (Å²) in [5, 5.41) is 8.47. The summed E-state index contributed by atoms with van der Waals surface area (Å²) in [4.78, 5) is 0. The molecule has 7 aromatic carbocycles. The van der Waals surface area contributed by atoms with Crippen LogP contribution in [0.15, 0.2) is 164 Å². The second-order valence-electron chi connectivity index (χ2n) is 11.7. The van der Waals surface area contributed by atoms with E-state index in [2.05, 4.69) is 117 Å². The molecule has 0 radical (unpaired) electrons.